The van der Waals surface area contributed by atoms with Crippen molar-refractivity contribution < 1.29 is 14.6 Å². The molecule has 1 saturated carbocycles. The molecule has 24 heavy (non-hydrogen) atoms. The van der Waals surface area contributed by atoms with Crippen LogP contribution >= 0.6 is 0 Å². The van der Waals surface area contributed by atoms with E-state index in [9.17, 15) is 9.90 Å². The predicted molar refractivity (Wildman–Crippen MR) is 92.9 cm³/mol. The third-order valence-electron chi connectivity index (χ3n) is 5.22. The fraction of sp³-hybridized carbons (Fsp3) is 0.632. The van der Waals surface area contributed by atoms with Gasteiger partial charge in [0, 0.05) is 12.6 Å². The lowest BCUT2D eigenvalue weighted by Crippen LogP contribution is -2.52. The summed E-state index contributed by atoms with van der Waals surface area (Å²) in [6, 6.07) is 9.60. The molecule has 2 amide bonds. The summed E-state index contributed by atoms with van der Waals surface area (Å²) in [5, 5.41) is 15.5. The monoisotopic (exact) mass is 332 g/mol. The van der Waals surface area contributed by atoms with Gasteiger partial charge in [-0.3, -0.25) is 0 Å². The summed E-state index contributed by atoms with van der Waals surface area (Å²) in [6.07, 6.45) is 7.06. The van der Waals surface area contributed by atoms with E-state index in [1.54, 1.807) is 0 Å². The molecule has 0 radical (unpaired) electrons. The fourth-order valence-electron chi connectivity index (χ4n) is 3.99. The minimum absolute atomic E-state index is 0.00336. The molecule has 5 heteroatoms. The van der Waals surface area contributed by atoms with Crippen LogP contribution < -0.4 is 10.6 Å². The van der Waals surface area contributed by atoms with Crippen LogP contribution in [0.3, 0.4) is 0 Å². The Labute approximate surface area is 143 Å². The van der Waals surface area contributed by atoms with Crippen molar-refractivity contribution in [1.82, 2.24) is 10.6 Å². The van der Waals surface area contributed by atoms with Gasteiger partial charge in [-0.1, -0.05) is 43.2 Å². The van der Waals surface area contributed by atoms with Crippen LogP contribution in [-0.4, -0.2) is 42.0 Å². The van der Waals surface area contributed by atoms with E-state index in [2.05, 4.69) is 10.6 Å². The Morgan fingerprint density at radius 2 is 2.04 bits per heavy atom. The molecule has 1 aliphatic heterocycles. The van der Waals surface area contributed by atoms with E-state index in [4.69, 9.17) is 4.74 Å². The van der Waals surface area contributed by atoms with Crippen molar-refractivity contribution in [3.63, 3.8) is 0 Å². The van der Waals surface area contributed by atoms with Crippen molar-refractivity contribution in [2.45, 2.75) is 62.6 Å². The molecular weight excluding hydrogens is 304 g/mol. The lowest BCUT2D eigenvalue weighted by atomic mass is 9.89. The van der Waals surface area contributed by atoms with Crippen LogP contribution in [0, 0.1) is 0 Å². The van der Waals surface area contributed by atoms with Crippen molar-refractivity contribution in [2.24, 2.45) is 0 Å². The Bertz CT molecular complexity index is 529. The van der Waals surface area contributed by atoms with Crippen LogP contribution in [-0.2, 0) is 11.2 Å². The molecule has 1 saturated heterocycles. The predicted octanol–water partition coefficient (Wildman–Crippen LogP) is 2.38. The molecule has 1 spiro atoms. The highest BCUT2D eigenvalue weighted by atomic mass is 16.5. The first-order valence-electron chi connectivity index (χ1n) is 9.05. The van der Waals surface area contributed by atoms with Crippen LogP contribution in [0.4, 0.5) is 4.79 Å². The fourth-order valence-corrected chi connectivity index (χ4v) is 3.99. The summed E-state index contributed by atoms with van der Waals surface area (Å²) in [5.41, 5.74) is 1.10. The van der Waals surface area contributed by atoms with Gasteiger partial charge in [0.15, 0.2) is 0 Å². The van der Waals surface area contributed by atoms with Crippen molar-refractivity contribution in [1.29, 1.82) is 0 Å². The molecule has 132 valence electrons. The number of amides is 2. The molecule has 1 heterocycles. The number of nitrogens with one attached hydrogen (secondary N) is 2. The molecule has 1 aliphatic carbocycles. The van der Waals surface area contributed by atoms with Gasteiger partial charge in [-0.15, -0.1) is 0 Å². The Hall–Kier alpha value is -1.59. The van der Waals surface area contributed by atoms with Gasteiger partial charge in [0.25, 0.3) is 0 Å². The smallest absolute Gasteiger partial charge is 0.315 e. The SMILES string of the molecule is O=C(NC(CO)Cc1ccccc1)NC1CCOC2(CCCC2)C1. The van der Waals surface area contributed by atoms with Gasteiger partial charge in [-0.05, 0) is 37.7 Å². The van der Waals surface area contributed by atoms with Crippen molar-refractivity contribution >= 4 is 6.03 Å². The van der Waals surface area contributed by atoms with E-state index >= 15 is 0 Å². The number of rotatable bonds is 5. The Morgan fingerprint density at radius 1 is 1.29 bits per heavy atom. The second-order valence-electron chi connectivity index (χ2n) is 7.12. The molecule has 3 N–H and O–H groups in total. The molecule has 2 aliphatic rings. The first kappa shape index (κ1) is 17.2. The molecule has 2 atom stereocenters. The summed E-state index contributed by atoms with van der Waals surface area (Å²) in [6.45, 7) is 0.651. The minimum atomic E-state index is -0.271. The second-order valence-corrected chi connectivity index (χ2v) is 7.12. The number of aliphatic hydroxyl groups is 1. The number of urea groups is 1. The standard InChI is InChI=1S/C19H28N2O3/c22-14-17(12-15-6-2-1-3-7-15)21-18(23)20-16-8-11-24-19(13-16)9-4-5-10-19/h1-3,6-7,16-17,22H,4-5,8-14H2,(H2,20,21,23). The van der Waals surface area contributed by atoms with Crippen LogP contribution in [0.2, 0.25) is 0 Å². The van der Waals surface area contributed by atoms with Crippen LogP contribution in [0.5, 0.6) is 0 Å². The summed E-state index contributed by atoms with van der Waals surface area (Å²) in [5.74, 6) is 0. The topological polar surface area (TPSA) is 70.6 Å². The quantitative estimate of drug-likeness (QED) is 0.775. The molecule has 1 aromatic rings. The van der Waals surface area contributed by atoms with Gasteiger partial charge >= 0.3 is 6.03 Å². The van der Waals surface area contributed by atoms with Gasteiger partial charge in [-0.25, -0.2) is 4.79 Å². The molecule has 1 aromatic carbocycles. The van der Waals surface area contributed by atoms with Crippen molar-refractivity contribution in [2.75, 3.05) is 13.2 Å². The Morgan fingerprint density at radius 3 is 2.75 bits per heavy atom. The largest absolute Gasteiger partial charge is 0.394 e. The Balaban J connectivity index is 1.48. The van der Waals surface area contributed by atoms with Gasteiger partial charge in [-0.2, -0.15) is 0 Å². The second kappa shape index (κ2) is 7.99. The minimum Gasteiger partial charge on any atom is -0.394 e. The average molecular weight is 332 g/mol. The third kappa shape index (κ3) is 4.48. The summed E-state index contributed by atoms with van der Waals surface area (Å²) in [4.78, 5) is 12.3. The van der Waals surface area contributed by atoms with Crippen LogP contribution in [0.15, 0.2) is 30.3 Å². The molecule has 2 fully saturated rings. The molecule has 0 aromatic heterocycles. The number of aliphatic hydroxyl groups excluding tert-OH is 1. The van der Waals surface area contributed by atoms with E-state index < -0.39 is 0 Å². The number of hydrogen-bond donors (Lipinski definition) is 3. The van der Waals surface area contributed by atoms with E-state index in [1.165, 1.54) is 12.8 Å². The summed E-state index contributed by atoms with van der Waals surface area (Å²) < 4.78 is 6.01. The molecule has 3 rings (SSSR count). The van der Waals surface area contributed by atoms with E-state index in [0.29, 0.717) is 6.42 Å². The Kier molecular flexibility index (Phi) is 5.74. The highest BCUT2D eigenvalue weighted by Crippen LogP contribution is 2.39. The first-order valence-corrected chi connectivity index (χ1v) is 9.05. The van der Waals surface area contributed by atoms with Crippen molar-refractivity contribution in [3.05, 3.63) is 35.9 Å². The highest BCUT2D eigenvalue weighted by Gasteiger charge is 2.40. The molecular formula is C19H28N2O3. The number of ether oxygens (including phenoxy) is 1. The maximum absolute atomic E-state index is 12.3. The van der Waals surface area contributed by atoms with E-state index in [0.717, 1.165) is 37.9 Å². The van der Waals surface area contributed by atoms with Gasteiger partial charge < -0.3 is 20.5 Å². The average Bonchev–Trinajstić information content (AvgIpc) is 3.02. The number of hydrogen-bond acceptors (Lipinski definition) is 3. The van der Waals surface area contributed by atoms with Gasteiger partial charge in [0.2, 0.25) is 0 Å². The van der Waals surface area contributed by atoms with Crippen molar-refractivity contribution in [3.8, 4) is 0 Å². The van der Waals surface area contributed by atoms with Crippen LogP contribution in [0.25, 0.3) is 0 Å². The van der Waals surface area contributed by atoms with Gasteiger partial charge in [0.1, 0.15) is 0 Å². The molecule has 2 unspecified atom stereocenters. The number of carbonyl (C=O) groups is 1. The van der Waals surface area contributed by atoms with Crippen LogP contribution in [0.1, 0.15) is 44.1 Å². The zero-order valence-electron chi connectivity index (χ0n) is 14.2. The van der Waals surface area contributed by atoms with E-state index in [-0.39, 0.29) is 30.3 Å². The summed E-state index contributed by atoms with van der Waals surface area (Å²) in [7, 11) is 0. The maximum Gasteiger partial charge on any atom is 0.315 e. The van der Waals surface area contributed by atoms with Gasteiger partial charge in [0.05, 0.1) is 18.2 Å². The summed E-state index contributed by atoms with van der Waals surface area (Å²) >= 11 is 0. The third-order valence-corrected chi connectivity index (χ3v) is 5.22. The van der Waals surface area contributed by atoms with E-state index in [1.807, 2.05) is 30.3 Å². The first-order chi connectivity index (χ1) is 11.7. The maximum atomic E-state index is 12.3. The molecule has 0 bridgehead atoms. The molecule has 5 nitrogen and oxygen atoms in total. The highest BCUT2D eigenvalue weighted by molar-refractivity contribution is 5.74. The number of benzene rings is 1. The normalized spacial score (nSPS) is 23.8. The zero-order chi connectivity index (χ0) is 16.8. The zero-order valence-corrected chi connectivity index (χ0v) is 14.2. The lowest BCUT2D eigenvalue weighted by Gasteiger charge is -2.38. The lowest BCUT2D eigenvalue weighted by molar-refractivity contribution is -0.0820. The number of carbonyl (C=O) groups excluding carboxylic acids is 1.